The molecule has 24 heavy (non-hydrogen) atoms. The van der Waals surface area contributed by atoms with Gasteiger partial charge in [-0.1, -0.05) is 13.0 Å². The van der Waals surface area contributed by atoms with Gasteiger partial charge in [0.2, 0.25) is 0 Å². The van der Waals surface area contributed by atoms with Crippen molar-refractivity contribution < 1.29 is 14.6 Å². The van der Waals surface area contributed by atoms with E-state index >= 15 is 0 Å². The summed E-state index contributed by atoms with van der Waals surface area (Å²) >= 11 is 1.70. The van der Waals surface area contributed by atoms with Crippen LogP contribution in [0.5, 0.6) is 11.5 Å². The Morgan fingerprint density at radius 2 is 2.17 bits per heavy atom. The van der Waals surface area contributed by atoms with E-state index < -0.39 is 0 Å². The smallest absolute Gasteiger partial charge is 0.256 e. The van der Waals surface area contributed by atoms with Gasteiger partial charge in [0.1, 0.15) is 11.2 Å². The Kier molecular flexibility index (Phi) is 3.64. The number of anilines is 1. The molecule has 0 saturated carbocycles. The fourth-order valence-electron chi connectivity index (χ4n) is 3.50. The van der Waals surface area contributed by atoms with Crippen LogP contribution in [-0.2, 0) is 12.8 Å². The number of fused-ring (bicyclic) bond motifs is 3. The zero-order valence-corrected chi connectivity index (χ0v) is 14.5. The summed E-state index contributed by atoms with van der Waals surface area (Å²) in [4.78, 5) is 14.0. The fraction of sp³-hybridized carbons (Fsp3) is 0.389. The Hall–Kier alpha value is -2.21. The molecule has 0 spiro atoms. The number of ether oxygens (including phenoxy) is 1. The van der Waals surface area contributed by atoms with E-state index in [-0.39, 0.29) is 17.8 Å². The monoisotopic (exact) mass is 344 g/mol. The lowest BCUT2D eigenvalue weighted by Gasteiger charge is -2.27. The van der Waals surface area contributed by atoms with E-state index in [4.69, 9.17) is 4.74 Å². The first-order chi connectivity index (χ1) is 11.6. The molecule has 6 heteroatoms. The average molecular weight is 344 g/mol. The number of hydrogen-bond donors (Lipinski definition) is 3. The summed E-state index contributed by atoms with van der Waals surface area (Å²) in [5.74, 6) is 1.14. The van der Waals surface area contributed by atoms with Crippen LogP contribution in [-0.4, -0.2) is 18.1 Å². The van der Waals surface area contributed by atoms with E-state index in [1.54, 1.807) is 29.5 Å². The first-order valence-electron chi connectivity index (χ1n) is 8.15. The lowest BCUT2D eigenvalue weighted by molar-refractivity contribution is 0.0935. The molecule has 1 aromatic heterocycles. The van der Waals surface area contributed by atoms with E-state index in [0.717, 1.165) is 35.4 Å². The van der Waals surface area contributed by atoms with Crippen molar-refractivity contribution >= 4 is 22.2 Å². The molecule has 0 unspecified atom stereocenters. The molecule has 0 bridgehead atoms. The molecule has 2 aromatic rings. The molecule has 1 aromatic carbocycles. The van der Waals surface area contributed by atoms with Crippen LogP contribution in [0.4, 0.5) is 5.00 Å². The van der Waals surface area contributed by atoms with Crippen molar-refractivity contribution in [3.63, 3.8) is 0 Å². The van der Waals surface area contributed by atoms with Crippen molar-refractivity contribution in [2.75, 3.05) is 12.4 Å². The highest BCUT2D eigenvalue weighted by molar-refractivity contribution is 7.16. The number of thiophene rings is 1. The van der Waals surface area contributed by atoms with Gasteiger partial charge in [-0.2, -0.15) is 0 Å². The summed E-state index contributed by atoms with van der Waals surface area (Å²) in [5.41, 5.74) is 2.90. The second-order valence-corrected chi connectivity index (χ2v) is 7.64. The fourth-order valence-corrected chi connectivity index (χ4v) is 4.94. The molecule has 1 aliphatic carbocycles. The number of aromatic hydroxyl groups is 1. The van der Waals surface area contributed by atoms with Gasteiger partial charge >= 0.3 is 0 Å². The van der Waals surface area contributed by atoms with Crippen LogP contribution in [0.25, 0.3) is 0 Å². The van der Waals surface area contributed by atoms with Gasteiger partial charge in [0.05, 0.1) is 12.7 Å². The van der Waals surface area contributed by atoms with Gasteiger partial charge in [-0.15, -0.1) is 11.3 Å². The lowest BCUT2D eigenvalue weighted by Crippen LogP contribution is -2.38. The highest BCUT2D eigenvalue weighted by Crippen LogP contribution is 2.43. The Bertz CT molecular complexity index is 815. The Morgan fingerprint density at radius 3 is 2.96 bits per heavy atom. The number of phenols is 1. The van der Waals surface area contributed by atoms with E-state index in [1.165, 1.54) is 17.6 Å². The molecule has 3 N–H and O–H groups in total. The number of hydrogen-bond acceptors (Lipinski definition) is 5. The van der Waals surface area contributed by atoms with Crippen molar-refractivity contribution in [1.82, 2.24) is 5.32 Å². The molecule has 0 saturated heterocycles. The molecule has 0 radical (unpaired) electrons. The van der Waals surface area contributed by atoms with Crippen LogP contribution >= 0.6 is 11.3 Å². The van der Waals surface area contributed by atoms with Crippen LogP contribution in [0.3, 0.4) is 0 Å². The summed E-state index contributed by atoms with van der Waals surface area (Å²) < 4.78 is 5.16. The van der Waals surface area contributed by atoms with Gasteiger partial charge in [-0.25, -0.2) is 0 Å². The number of carbonyl (C=O) groups excluding carboxylic acids is 1. The third kappa shape index (κ3) is 2.41. The van der Waals surface area contributed by atoms with Gasteiger partial charge in [0, 0.05) is 4.88 Å². The Balaban J connectivity index is 1.68. The molecule has 1 amide bonds. The van der Waals surface area contributed by atoms with Crippen LogP contribution in [0.2, 0.25) is 0 Å². The summed E-state index contributed by atoms with van der Waals surface area (Å²) in [6, 6.07) is 5.11. The maximum atomic E-state index is 12.7. The molecular formula is C18H20N2O3S. The Morgan fingerprint density at radius 1 is 1.33 bits per heavy atom. The summed E-state index contributed by atoms with van der Waals surface area (Å²) in [6.45, 7) is 2.26. The predicted octanol–water partition coefficient (Wildman–Crippen LogP) is 3.44. The molecular weight excluding hydrogens is 324 g/mol. The van der Waals surface area contributed by atoms with E-state index in [1.807, 2.05) is 0 Å². The minimum absolute atomic E-state index is 0.0205. The molecule has 5 nitrogen and oxygen atoms in total. The Labute approximate surface area is 144 Å². The molecule has 1 aliphatic heterocycles. The van der Waals surface area contributed by atoms with Crippen molar-refractivity contribution in [3.05, 3.63) is 39.8 Å². The van der Waals surface area contributed by atoms with Gasteiger partial charge in [-0.3, -0.25) is 4.79 Å². The minimum atomic E-state index is -0.322. The van der Waals surface area contributed by atoms with Crippen molar-refractivity contribution in [2.45, 2.75) is 32.4 Å². The van der Waals surface area contributed by atoms with Crippen molar-refractivity contribution in [1.29, 1.82) is 0 Å². The normalized spacial score (nSPS) is 22.2. The minimum Gasteiger partial charge on any atom is -0.504 e. The largest absolute Gasteiger partial charge is 0.504 e. The lowest BCUT2D eigenvalue weighted by atomic mass is 9.88. The topological polar surface area (TPSA) is 70.6 Å². The van der Waals surface area contributed by atoms with Crippen molar-refractivity contribution in [2.24, 2.45) is 5.92 Å². The highest BCUT2D eigenvalue weighted by Gasteiger charge is 2.33. The predicted molar refractivity (Wildman–Crippen MR) is 94.0 cm³/mol. The molecule has 2 atom stereocenters. The maximum Gasteiger partial charge on any atom is 0.256 e. The van der Waals surface area contributed by atoms with Gasteiger partial charge in [0.15, 0.2) is 11.5 Å². The van der Waals surface area contributed by atoms with E-state index in [9.17, 15) is 9.90 Å². The zero-order chi connectivity index (χ0) is 16.8. The molecule has 126 valence electrons. The number of nitrogens with one attached hydrogen (secondary N) is 2. The number of carbonyl (C=O) groups is 1. The third-order valence-corrected chi connectivity index (χ3v) is 6.01. The van der Waals surface area contributed by atoms with Crippen LogP contribution < -0.4 is 15.4 Å². The number of rotatable bonds is 2. The van der Waals surface area contributed by atoms with Gasteiger partial charge in [0.25, 0.3) is 5.91 Å². The first-order valence-corrected chi connectivity index (χ1v) is 8.97. The van der Waals surface area contributed by atoms with Gasteiger partial charge in [-0.05, 0) is 48.4 Å². The SMILES string of the molecule is COc1cc([C@@H]2NC(=O)c3c(sc4c3CC[C@@H](C)C4)N2)ccc1O. The van der Waals surface area contributed by atoms with Gasteiger partial charge < -0.3 is 20.5 Å². The number of amides is 1. The maximum absolute atomic E-state index is 12.7. The average Bonchev–Trinajstić information content (AvgIpc) is 2.92. The highest BCUT2D eigenvalue weighted by atomic mass is 32.1. The second kappa shape index (κ2) is 5.70. The molecule has 0 fully saturated rings. The van der Waals surface area contributed by atoms with Crippen LogP contribution in [0, 0.1) is 5.92 Å². The number of benzene rings is 1. The van der Waals surface area contributed by atoms with E-state index in [2.05, 4.69) is 17.6 Å². The first kappa shape index (κ1) is 15.3. The number of phenolic OH excluding ortho intramolecular Hbond substituents is 1. The molecule has 2 heterocycles. The standard InChI is InChI=1S/C18H20N2O3S/c1-9-3-5-11-14(7-9)24-18-15(11)17(22)19-16(20-18)10-4-6-12(21)13(8-10)23-2/h4,6,8-9,16,20-21H,3,5,7H2,1-2H3,(H,19,22)/t9-,16-/m1/s1. The zero-order valence-electron chi connectivity index (χ0n) is 13.7. The number of methoxy groups -OCH3 is 1. The summed E-state index contributed by atoms with van der Waals surface area (Å²) in [7, 11) is 1.51. The van der Waals surface area contributed by atoms with E-state index in [0.29, 0.717) is 11.7 Å². The molecule has 4 rings (SSSR count). The summed E-state index contributed by atoms with van der Waals surface area (Å²) in [5, 5.41) is 17.2. The van der Waals surface area contributed by atoms with Crippen LogP contribution in [0.1, 0.15) is 45.9 Å². The van der Waals surface area contributed by atoms with Crippen molar-refractivity contribution in [3.8, 4) is 11.5 Å². The molecule has 2 aliphatic rings. The third-order valence-electron chi connectivity index (χ3n) is 4.83. The summed E-state index contributed by atoms with van der Waals surface area (Å²) in [6.07, 6.45) is 2.86. The second-order valence-electron chi connectivity index (χ2n) is 6.54. The van der Waals surface area contributed by atoms with Crippen LogP contribution in [0.15, 0.2) is 18.2 Å². The quantitative estimate of drug-likeness (QED) is 0.780.